The summed E-state index contributed by atoms with van der Waals surface area (Å²) in [4.78, 5) is 15.0. The van der Waals surface area contributed by atoms with Gasteiger partial charge in [0.15, 0.2) is 0 Å². The van der Waals surface area contributed by atoms with Gasteiger partial charge in [0, 0.05) is 24.5 Å². The van der Waals surface area contributed by atoms with Gasteiger partial charge in [0.25, 0.3) is 0 Å². The second-order valence-electron chi connectivity index (χ2n) is 7.37. The predicted molar refractivity (Wildman–Crippen MR) is 83.6 cm³/mol. The van der Waals surface area contributed by atoms with E-state index in [1.54, 1.807) is 0 Å². The highest BCUT2D eigenvalue weighted by molar-refractivity contribution is 5.78. The first-order chi connectivity index (χ1) is 9.47. The number of hydrogen-bond acceptors (Lipinski definition) is 2. The highest BCUT2D eigenvalue weighted by Gasteiger charge is 2.37. The zero-order chi connectivity index (χ0) is 14.8. The summed E-state index contributed by atoms with van der Waals surface area (Å²) < 4.78 is 0. The van der Waals surface area contributed by atoms with Gasteiger partial charge in [-0.25, -0.2) is 0 Å². The molecule has 20 heavy (non-hydrogen) atoms. The van der Waals surface area contributed by atoms with Crippen LogP contribution in [0.15, 0.2) is 0 Å². The molecule has 1 heterocycles. The number of piperidine rings is 1. The molecule has 1 aliphatic carbocycles. The Morgan fingerprint density at radius 3 is 2.45 bits per heavy atom. The van der Waals surface area contributed by atoms with Gasteiger partial charge in [-0.05, 0) is 45.1 Å². The van der Waals surface area contributed by atoms with E-state index in [0.29, 0.717) is 30.2 Å². The summed E-state index contributed by atoms with van der Waals surface area (Å²) in [5.41, 5.74) is 0.0684. The average molecular weight is 280 g/mol. The monoisotopic (exact) mass is 280 g/mol. The summed E-state index contributed by atoms with van der Waals surface area (Å²) >= 11 is 0. The van der Waals surface area contributed by atoms with E-state index in [4.69, 9.17) is 0 Å². The van der Waals surface area contributed by atoms with Gasteiger partial charge in [0.2, 0.25) is 5.91 Å². The van der Waals surface area contributed by atoms with Crippen LogP contribution in [0.25, 0.3) is 0 Å². The molecule has 1 saturated heterocycles. The number of nitrogens with one attached hydrogen (secondary N) is 1. The van der Waals surface area contributed by atoms with Crippen LogP contribution in [0.1, 0.15) is 65.7 Å². The van der Waals surface area contributed by atoms with Gasteiger partial charge in [-0.1, -0.05) is 33.1 Å². The van der Waals surface area contributed by atoms with Crippen LogP contribution < -0.4 is 5.32 Å². The van der Waals surface area contributed by atoms with E-state index in [1.165, 1.54) is 25.7 Å². The molecule has 2 aliphatic rings. The number of amides is 1. The third-order valence-corrected chi connectivity index (χ3v) is 5.75. The van der Waals surface area contributed by atoms with Crippen LogP contribution in [0.3, 0.4) is 0 Å². The number of rotatable bonds is 3. The van der Waals surface area contributed by atoms with Crippen LogP contribution >= 0.6 is 0 Å². The Kier molecular flexibility index (Phi) is 5.11. The Labute approximate surface area is 124 Å². The lowest BCUT2D eigenvalue weighted by Gasteiger charge is -2.44. The van der Waals surface area contributed by atoms with E-state index >= 15 is 0 Å². The SMILES string of the molecule is CNC1(CC(=O)N2CC(C)CC(C)C2C)CCCCC1. The quantitative estimate of drug-likeness (QED) is 0.861. The third-order valence-electron chi connectivity index (χ3n) is 5.75. The Balaban J connectivity index is 2.02. The number of likely N-dealkylation sites (tertiary alicyclic amines) is 1. The summed E-state index contributed by atoms with van der Waals surface area (Å²) in [6.07, 6.45) is 8.10. The van der Waals surface area contributed by atoms with Crippen LogP contribution in [0.4, 0.5) is 0 Å². The predicted octanol–water partition coefficient (Wildman–Crippen LogP) is 3.19. The lowest BCUT2D eigenvalue weighted by atomic mass is 9.78. The Hall–Kier alpha value is -0.570. The first-order valence-electron chi connectivity index (χ1n) is 8.46. The van der Waals surface area contributed by atoms with E-state index in [2.05, 4.69) is 31.0 Å². The highest BCUT2D eigenvalue weighted by Crippen LogP contribution is 2.33. The topological polar surface area (TPSA) is 32.3 Å². The maximum Gasteiger partial charge on any atom is 0.224 e. The van der Waals surface area contributed by atoms with E-state index in [1.807, 2.05) is 7.05 Å². The Morgan fingerprint density at radius 2 is 1.85 bits per heavy atom. The van der Waals surface area contributed by atoms with Gasteiger partial charge >= 0.3 is 0 Å². The van der Waals surface area contributed by atoms with Crippen LogP contribution in [0.2, 0.25) is 0 Å². The van der Waals surface area contributed by atoms with Gasteiger partial charge < -0.3 is 10.2 Å². The average Bonchev–Trinajstić information content (AvgIpc) is 2.43. The normalized spacial score (nSPS) is 34.0. The fourth-order valence-corrected chi connectivity index (χ4v) is 4.18. The molecule has 0 spiro atoms. The highest BCUT2D eigenvalue weighted by atomic mass is 16.2. The zero-order valence-corrected chi connectivity index (χ0v) is 13.7. The number of nitrogens with zero attached hydrogens (tertiary/aromatic N) is 1. The molecular weight excluding hydrogens is 248 g/mol. The summed E-state index contributed by atoms with van der Waals surface area (Å²) in [5, 5.41) is 3.48. The van der Waals surface area contributed by atoms with Gasteiger partial charge in [0.05, 0.1) is 0 Å². The summed E-state index contributed by atoms with van der Waals surface area (Å²) in [5.74, 6) is 1.63. The molecule has 1 saturated carbocycles. The maximum absolute atomic E-state index is 12.8. The van der Waals surface area contributed by atoms with Gasteiger partial charge in [-0.2, -0.15) is 0 Å². The van der Waals surface area contributed by atoms with Crippen molar-refractivity contribution in [1.29, 1.82) is 0 Å². The Bertz CT molecular complexity index is 336. The van der Waals surface area contributed by atoms with Gasteiger partial charge in [-0.3, -0.25) is 4.79 Å². The van der Waals surface area contributed by atoms with Crippen molar-refractivity contribution in [2.75, 3.05) is 13.6 Å². The summed E-state index contributed by atoms with van der Waals surface area (Å²) in [6.45, 7) is 7.73. The van der Waals surface area contributed by atoms with Crippen molar-refractivity contribution < 1.29 is 4.79 Å². The second-order valence-corrected chi connectivity index (χ2v) is 7.37. The molecule has 0 aromatic rings. The molecule has 0 radical (unpaired) electrons. The van der Waals surface area contributed by atoms with Crippen LogP contribution in [0.5, 0.6) is 0 Å². The summed E-state index contributed by atoms with van der Waals surface area (Å²) in [7, 11) is 2.03. The lowest BCUT2D eigenvalue weighted by Crippen LogP contribution is -2.53. The molecule has 3 heteroatoms. The molecule has 1 N–H and O–H groups in total. The molecule has 0 bridgehead atoms. The van der Waals surface area contributed by atoms with Crippen LogP contribution in [-0.4, -0.2) is 36.0 Å². The smallest absolute Gasteiger partial charge is 0.224 e. The van der Waals surface area contributed by atoms with Gasteiger partial charge in [-0.15, -0.1) is 0 Å². The van der Waals surface area contributed by atoms with Crippen molar-refractivity contribution >= 4 is 5.91 Å². The number of hydrogen-bond donors (Lipinski definition) is 1. The van der Waals surface area contributed by atoms with Crippen LogP contribution in [-0.2, 0) is 4.79 Å². The number of carbonyl (C=O) groups excluding carboxylic acids is 1. The molecule has 3 nitrogen and oxygen atoms in total. The maximum atomic E-state index is 12.8. The first kappa shape index (κ1) is 15.8. The molecular formula is C17H32N2O. The van der Waals surface area contributed by atoms with Crippen molar-refractivity contribution in [2.24, 2.45) is 11.8 Å². The van der Waals surface area contributed by atoms with E-state index in [9.17, 15) is 4.79 Å². The van der Waals surface area contributed by atoms with E-state index in [0.717, 1.165) is 19.4 Å². The Morgan fingerprint density at radius 1 is 1.20 bits per heavy atom. The lowest BCUT2D eigenvalue weighted by molar-refractivity contribution is -0.139. The third kappa shape index (κ3) is 3.36. The van der Waals surface area contributed by atoms with E-state index in [-0.39, 0.29) is 5.54 Å². The molecule has 116 valence electrons. The fraction of sp³-hybridized carbons (Fsp3) is 0.941. The molecule has 0 aromatic heterocycles. The van der Waals surface area contributed by atoms with Crippen LogP contribution in [0, 0.1) is 11.8 Å². The summed E-state index contributed by atoms with van der Waals surface area (Å²) in [6, 6.07) is 0.399. The molecule has 3 atom stereocenters. The van der Waals surface area contributed by atoms with Gasteiger partial charge in [0.1, 0.15) is 0 Å². The molecule has 0 aromatic carbocycles. The largest absolute Gasteiger partial charge is 0.339 e. The van der Waals surface area contributed by atoms with Crippen molar-refractivity contribution in [3.8, 4) is 0 Å². The minimum absolute atomic E-state index is 0.0684. The first-order valence-corrected chi connectivity index (χ1v) is 8.46. The van der Waals surface area contributed by atoms with Crippen molar-refractivity contribution in [1.82, 2.24) is 10.2 Å². The minimum Gasteiger partial charge on any atom is -0.339 e. The van der Waals surface area contributed by atoms with Crippen molar-refractivity contribution in [2.45, 2.75) is 77.3 Å². The van der Waals surface area contributed by atoms with Crippen molar-refractivity contribution in [3.05, 3.63) is 0 Å². The standard InChI is InChI=1S/C17H32N2O/c1-13-10-14(2)15(3)19(12-13)16(20)11-17(18-4)8-6-5-7-9-17/h13-15,18H,5-12H2,1-4H3. The molecule has 2 rings (SSSR count). The molecule has 1 aliphatic heterocycles. The fourth-order valence-electron chi connectivity index (χ4n) is 4.18. The minimum atomic E-state index is 0.0684. The number of carbonyl (C=O) groups is 1. The second kappa shape index (κ2) is 6.46. The molecule has 3 unspecified atom stereocenters. The zero-order valence-electron chi connectivity index (χ0n) is 13.7. The van der Waals surface area contributed by atoms with Crippen molar-refractivity contribution in [3.63, 3.8) is 0 Å². The molecule has 2 fully saturated rings. The molecule has 1 amide bonds. The van der Waals surface area contributed by atoms with E-state index < -0.39 is 0 Å².